The minimum absolute atomic E-state index is 0.360. The first kappa shape index (κ1) is 11.6. The van der Waals surface area contributed by atoms with E-state index in [0.717, 1.165) is 21.8 Å². The van der Waals surface area contributed by atoms with E-state index in [-0.39, 0.29) is 5.97 Å². The van der Waals surface area contributed by atoms with Crippen molar-refractivity contribution in [3.8, 4) is 0 Å². The number of thiophene rings is 1. The summed E-state index contributed by atoms with van der Waals surface area (Å²) in [5.74, 6) is -0.360. The maximum atomic E-state index is 11.4. The first-order valence-corrected chi connectivity index (χ1v) is 5.99. The molecular weight excluding hydrogens is 220 g/mol. The fourth-order valence-electron chi connectivity index (χ4n) is 1.00. The maximum absolute atomic E-state index is 11.4. The summed E-state index contributed by atoms with van der Waals surface area (Å²) >= 11 is 2.70. The molecule has 0 fully saturated rings. The number of carbonyl (C=O) groups excluding carboxylic acids is 1. The molecule has 14 heavy (non-hydrogen) atoms. The number of hydrogen-bond donors (Lipinski definition) is 0. The SMILES string of the molecule is COC(=O)C(OSC)c1ccc(C)s1. The van der Waals surface area contributed by atoms with Gasteiger partial charge in [0.05, 0.1) is 7.11 Å². The van der Waals surface area contributed by atoms with Gasteiger partial charge in [-0.1, -0.05) is 0 Å². The van der Waals surface area contributed by atoms with E-state index in [4.69, 9.17) is 4.18 Å². The molecule has 0 aromatic carbocycles. The van der Waals surface area contributed by atoms with Crippen LogP contribution in [0.1, 0.15) is 15.9 Å². The Balaban J connectivity index is 2.82. The quantitative estimate of drug-likeness (QED) is 0.590. The zero-order valence-corrected chi connectivity index (χ0v) is 9.91. The van der Waals surface area contributed by atoms with Gasteiger partial charge in [0, 0.05) is 16.0 Å². The van der Waals surface area contributed by atoms with E-state index in [9.17, 15) is 4.79 Å². The molecule has 0 saturated carbocycles. The highest BCUT2D eigenvalue weighted by molar-refractivity contribution is 7.93. The summed E-state index contributed by atoms with van der Waals surface area (Å²) in [6.45, 7) is 1.99. The van der Waals surface area contributed by atoms with Crippen LogP contribution in [-0.4, -0.2) is 19.3 Å². The number of carbonyl (C=O) groups is 1. The lowest BCUT2D eigenvalue weighted by molar-refractivity contribution is -0.148. The fraction of sp³-hybridized carbons (Fsp3) is 0.444. The van der Waals surface area contributed by atoms with Crippen LogP contribution in [0.3, 0.4) is 0 Å². The summed E-state index contributed by atoms with van der Waals surface area (Å²) in [4.78, 5) is 13.4. The average molecular weight is 232 g/mol. The third-order valence-corrected chi connectivity index (χ3v) is 3.06. The molecule has 1 heterocycles. The molecule has 0 aliphatic rings. The summed E-state index contributed by atoms with van der Waals surface area (Å²) in [6, 6.07) is 3.84. The van der Waals surface area contributed by atoms with Crippen LogP contribution in [0.15, 0.2) is 12.1 Å². The first-order chi connectivity index (χ1) is 6.69. The van der Waals surface area contributed by atoms with Gasteiger partial charge in [-0.05, 0) is 31.1 Å². The molecule has 0 aliphatic carbocycles. The molecule has 0 N–H and O–H groups in total. The van der Waals surface area contributed by atoms with Crippen molar-refractivity contribution in [1.82, 2.24) is 0 Å². The summed E-state index contributed by atoms with van der Waals surface area (Å²) in [5, 5.41) is 0. The molecule has 78 valence electrons. The monoisotopic (exact) mass is 232 g/mol. The Labute approximate surface area is 91.6 Å². The second-order valence-corrected chi connectivity index (χ2v) is 4.46. The van der Waals surface area contributed by atoms with Crippen LogP contribution in [0.5, 0.6) is 0 Å². The number of methoxy groups -OCH3 is 1. The van der Waals surface area contributed by atoms with Gasteiger partial charge in [0.15, 0.2) is 0 Å². The molecule has 0 aliphatic heterocycles. The molecule has 1 rings (SSSR count). The summed E-state index contributed by atoms with van der Waals surface area (Å²) in [5.41, 5.74) is 0. The molecule has 1 aromatic heterocycles. The van der Waals surface area contributed by atoms with Crippen molar-refractivity contribution in [3.63, 3.8) is 0 Å². The Kier molecular flexibility index (Phi) is 4.44. The Hall–Kier alpha value is -0.520. The molecule has 3 nitrogen and oxygen atoms in total. The van der Waals surface area contributed by atoms with Crippen molar-refractivity contribution < 1.29 is 13.7 Å². The zero-order valence-electron chi connectivity index (χ0n) is 8.27. The van der Waals surface area contributed by atoms with Crippen LogP contribution >= 0.6 is 23.4 Å². The number of hydrogen-bond acceptors (Lipinski definition) is 5. The van der Waals surface area contributed by atoms with Gasteiger partial charge in [-0.2, -0.15) is 0 Å². The first-order valence-electron chi connectivity index (χ1n) is 4.02. The molecule has 1 atom stereocenters. The van der Waals surface area contributed by atoms with Crippen molar-refractivity contribution in [3.05, 3.63) is 21.9 Å². The topological polar surface area (TPSA) is 35.5 Å². The lowest BCUT2D eigenvalue weighted by Gasteiger charge is -2.10. The largest absolute Gasteiger partial charge is 0.467 e. The van der Waals surface area contributed by atoms with Gasteiger partial charge >= 0.3 is 5.97 Å². The molecule has 5 heteroatoms. The van der Waals surface area contributed by atoms with Crippen molar-refractivity contribution in [2.24, 2.45) is 0 Å². The minimum atomic E-state index is -0.603. The van der Waals surface area contributed by atoms with E-state index in [1.165, 1.54) is 7.11 Å². The standard InChI is InChI=1S/C9H12O3S2/c1-6-4-5-7(14-6)8(12-13-3)9(10)11-2/h4-5,8H,1-3H3. The predicted octanol–water partition coefficient (Wildman–Crippen LogP) is 2.57. The molecule has 0 saturated heterocycles. The highest BCUT2D eigenvalue weighted by atomic mass is 32.2. The molecule has 1 unspecified atom stereocenters. The summed E-state index contributed by atoms with van der Waals surface area (Å²) in [7, 11) is 1.36. The Morgan fingerprint density at radius 1 is 1.57 bits per heavy atom. The Morgan fingerprint density at radius 2 is 2.29 bits per heavy atom. The maximum Gasteiger partial charge on any atom is 0.341 e. The van der Waals surface area contributed by atoms with Gasteiger partial charge in [-0.15, -0.1) is 11.3 Å². The summed E-state index contributed by atoms with van der Waals surface area (Å²) in [6.07, 6.45) is 1.17. The van der Waals surface area contributed by atoms with Crippen molar-refractivity contribution >= 4 is 29.3 Å². The van der Waals surface area contributed by atoms with Gasteiger partial charge in [0.2, 0.25) is 6.10 Å². The van der Waals surface area contributed by atoms with Gasteiger partial charge in [-0.25, -0.2) is 4.79 Å². The van der Waals surface area contributed by atoms with Crippen molar-refractivity contribution in [1.29, 1.82) is 0 Å². The van der Waals surface area contributed by atoms with E-state index in [2.05, 4.69) is 4.74 Å². The van der Waals surface area contributed by atoms with Crippen LogP contribution in [0.2, 0.25) is 0 Å². The third kappa shape index (κ3) is 2.73. The Morgan fingerprint density at radius 3 is 2.71 bits per heavy atom. The summed E-state index contributed by atoms with van der Waals surface area (Å²) < 4.78 is 9.90. The Bertz CT molecular complexity index is 309. The lowest BCUT2D eigenvalue weighted by Crippen LogP contribution is -2.13. The van der Waals surface area contributed by atoms with Crippen molar-refractivity contribution in [2.45, 2.75) is 13.0 Å². The highest BCUT2D eigenvalue weighted by Crippen LogP contribution is 2.28. The smallest absolute Gasteiger partial charge is 0.341 e. The van der Waals surface area contributed by atoms with Gasteiger partial charge < -0.3 is 4.74 Å². The second-order valence-electron chi connectivity index (χ2n) is 2.61. The normalized spacial score (nSPS) is 12.5. The van der Waals surface area contributed by atoms with E-state index in [0.29, 0.717) is 0 Å². The highest BCUT2D eigenvalue weighted by Gasteiger charge is 2.23. The second kappa shape index (κ2) is 5.38. The predicted molar refractivity (Wildman–Crippen MR) is 58.4 cm³/mol. The average Bonchev–Trinajstić information content (AvgIpc) is 2.60. The lowest BCUT2D eigenvalue weighted by atomic mass is 10.3. The van der Waals surface area contributed by atoms with Crippen LogP contribution in [0.4, 0.5) is 0 Å². The minimum Gasteiger partial charge on any atom is -0.467 e. The van der Waals surface area contributed by atoms with Crippen LogP contribution in [0.25, 0.3) is 0 Å². The number of ether oxygens (including phenoxy) is 1. The third-order valence-electron chi connectivity index (χ3n) is 1.63. The number of rotatable bonds is 4. The van der Waals surface area contributed by atoms with Gasteiger partial charge in [-0.3, -0.25) is 4.18 Å². The molecule has 0 radical (unpaired) electrons. The number of esters is 1. The van der Waals surface area contributed by atoms with E-state index in [1.807, 2.05) is 19.1 Å². The molecule has 0 amide bonds. The molecule has 1 aromatic rings. The van der Waals surface area contributed by atoms with Crippen molar-refractivity contribution in [2.75, 3.05) is 13.4 Å². The fourth-order valence-corrected chi connectivity index (χ4v) is 2.33. The molecular formula is C9H12O3S2. The molecule has 0 bridgehead atoms. The number of aryl methyl sites for hydroxylation is 1. The van der Waals surface area contributed by atoms with E-state index >= 15 is 0 Å². The van der Waals surface area contributed by atoms with E-state index in [1.54, 1.807) is 17.6 Å². The van der Waals surface area contributed by atoms with Crippen LogP contribution < -0.4 is 0 Å². The van der Waals surface area contributed by atoms with E-state index < -0.39 is 6.10 Å². The van der Waals surface area contributed by atoms with Crippen LogP contribution in [0, 0.1) is 6.92 Å². The zero-order chi connectivity index (χ0) is 10.6. The molecule has 0 spiro atoms. The van der Waals surface area contributed by atoms with Gasteiger partial charge in [0.1, 0.15) is 0 Å². The van der Waals surface area contributed by atoms with Gasteiger partial charge in [0.25, 0.3) is 0 Å². The van der Waals surface area contributed by atoms with Crippen LogP contribution in [-0.2, 0) is 13.7 Å².